The number of thioether (sulfide) groups is 2. The third-order valence-corrected chi connectivity index (χ3v) is 10.1. The second kappa shape index (κ2) is 26.6. The van der Waals surface area contributed by atoms with E-state index in [0.29, 0.717) is 24.7 Å². The van der Waals surface area contributed by atoms with Crippen LogP contribution in [0.3, 0.4) is 0 Å². The van der Waals surface area contributed by atoms with Gasteiger partial charge in [-0.1, -0.05) is 107 Å². The van der Waals surface area contributed by atoms with Crippen LogP contribution in [0.1, 0.15) is 99.3 Å². The molecule has 2 heterocycles. The second-order valence-corrected chi connectivity index (χ2v) is 14.9. The van der Waals surface area contributed by atoms with E-state index in [2.05, 4.69) is 33.8 Å². The van der Waals surface area contributed by atoms with Crippen molar-refractivity contribution in [2.45, 2.75) is 122 Å². The maximum absolute atomic E-state index is 11.6. The number of rotatable bonds is 23. The third-order valence-electron chi connectivity index (χ3n) is 8.20. The van der Waals surface area contributed by atoms with Crippen molar-refractivity contribution in [3.05, 3.63) is 73.3 Å². The highest BCUT2D eigenvalue weighted by molar-refractivity contribution is 7.99. The van der Waals surface area contributed by atoms with Crippen LogP contribution < -0.4 is 9.47 Å². The Kier molecular flexibility index (Phi) is 21.9. The fourth-order valence-electron chi connectivity index (χ4n) is 5.12. The second-order valence-electron chi connectivity index (χ2n) is 12.8. The van der Waals surface area contributed by atoms with Gasteiger partial charge >= 0.3 is 11.9 Å². The first kappa shape index (κ1) is 45.2. The highest BCUT2D eigenvalue weighted by Gasteiger charge is 2.16. The lowest BCUT2D eigenvalue weighted by molar-refractivity contribution is -0.151. The van der Waals surface area contributed by atoms with Crippen molar-refractivity contribution < 1.29 is 28.5 Å². The van der Waals surface area contributed by atoms with Crippen molar-refractivity contribution in [2.24, 2.45) is 0 Å². The number of ether oxygens (including phenoxy) is 4. The number of esters is 2. The van der Waals surface area contributed by atoms with Gasteiger partial charge in [0.15, 0.2) is 22.5 Å². The van der Waals surface area contributed by atoms with Crippen molar-refractivity contribution in [1.82, 2.24) is 19.9 Å². The summed E-state index contributed by atoms with van der Waals surface area (Å²) in [6.07, 6.45) is 17.5. The number of unbranched alkanes of at least 4 members (excludes halogenated alkanes) is 7. The molecular weight excluding hydrogens is 733 g/mol. The highest BCUT2D eigenvalue weighted by atomic mass is 32.2. The van der Waals surface area contributed by atoms with Gasteiger partial charge in [0.1, 0.15) is 11.5 Å². The molecule has 0 unspecified atom stereocenters. The number of hydrogen-bond donors (Lipinski definition) is 0. The molecule has 298 valence electrons. The van der Waals surface area contributed by atoms with Crippen molar-refractivity contribution in [1.29, 1.82) is 0 Å². The molecule has 4 rings (SSSR count). The first-order chi connectivity index (χ1) is 26.8. The van der Waals surface area contributed by atoms with E-state index in [4.69, 9.17) is 18.9 Å². The summed E-state index contributed by atoms with van der Waals surface area (Å²) in [5.41, 5.74) is 3.92. The number of nitrogens with zero attached hydrogens (tertiary/aromatic N) is 4. The molecule has 2 aromatic heterocycles. The summed E-state index contributed by atoms with van der Waals surface area (Å²) in [5.74, 6) is 2.65. The molecule has 0 aliphatic rings. The molecule has 0 bridgehead atoms. The first-order valence-corrected chi connectivity index (χ1v) is 21.5. The molecule has 0 saturated carbocycles. The zero-order chi connectivity index (χ0) is 39.7. The standard InChI is InChI=1S/C22H30N2O3S.C21H28N2O3S/c1-4-6-7-8-9-14-28-22-23-15-19(16-24-22)18-10-12-20(13-11-18)27-17(3)21(25)26-5-2;1-4-6-7-8-13-27-21-22-14-18(15-23-21)17-9-11-19(12-10-17)26-16(3)20(24)25-5-2/h10-13,15-17H,4-9,14H2,1-3H3;9-12,14-16H,4-8,13H2,1-3H3/t17-;16-/m11/s1. The van der Waals surface area contributed by atoms with E-state index in [1.54, 1.807) is 51.2 Å². The van der Waals surface area contributed by atoms with E-state index >= 15 is 0 Å². The van der Waals surface area contributed by atoms with E-state index in [1.807, 2.05) is 73.3 Å². The van der Waals surface area contributed by atoms with Crippen molar-refractivity contribution in [3.8, 4) is 33.8 Å². The minimum Gasteiger partial charge on any atom is -0.479 e. The van der Waals surface area contributed by atoms with E-state index in [0.717, 1.165) is 44.1 Å². The largest absolute Gasteiger partial charge is 0.479 e. The SMILES string of the molecule is CCCCCCCSc1ncc(-c2ccc(O[C@H](C)C(=O)OCC)cc2)cn1.CCCCCCSc1ncc(-c2ccc(O[C@H](C)C(=O)OCC)cc2)cn1. The Morgan fingerprint density at radius 2 is 0.855 bits per heavy atom. The van der Waals surface area contributed by atoms with Crippen molar-refractivity contribution >= 4 is 35.5 Å². The molecule has 0 spiro atoms. The van der Waals surface area contributed by atoms with Crippen molar-refractivity contribution in [3.63, 3.8) is 0 Å². The maximum atomic E-state index is 11.6. The molecule has 55 heavy (non-hydrogen) atoms. The average Bonchev–Trinajstić information content (AvgIpc) is 3.20. The van der Waals surface area contributed by atoms with Gasteiger partial charge in [0.05, 0.1) is 13.2 Å². The summed E-state index contributed by atoms with van der Waals surface area (Å²) in [5, 5.41) is 1.64. The fraction of sp³-hybridized carbons (Fsp3) is 0.488. The molecule has 0 N–H and O–H groups in total. The monoisotopic (exact) mass is 790 g/mol. The molecule has 12 heteroatoms. The van der Waals surface area contributed by atoms with Crippen LogP contribution in [0.15, 0.2) is 83.6 Å². The Hall–Kier alpha value is -4.16. The Bertz CT molecular complexity index is 1640. The molecule has 2 atom stereocenters. The number of carbonyl (C=O) groups excluding carboxylic acids is 2. The Morgan fingerprint density at radius 1 is 0.509 bits per heavy atom. The summed E-state index contributed by atoms with van der Waals surface area (Å²) >= 11 is 3.42. The average molecular weight is 791 g/mol. The number of hydrogen-bond acceptors (Lipinski definition) is 12. The predicted octanol–water partition coefficient (Wildman–Crippen LogP) is 10.7. The zero-order valence-corrected chi connectivity index (χ0v) is 35.0. The van der Waals surface area contributed by atoms with Crippen LogP contribution in [0.5, 0.6) is 11.5 Å². The zero-order valence-electron chi connectivity index (χ0n) is 33.3. The molecule has 0 radical (unpaired) electrons. The lowest BCUT2D eigenvalue weighted by Gasteiger charge is -2.13. The number of benzene rings is 2. The summed E-state index contributed by atoms with van der Waals surface area (Å²) in [4.78, 5) is 41.1. The van der Waals surface area contributed by atoms with Gasteiger partial charge in [-0.15, -0.1) is 0 Å². The van der Waals surface area contributed by atoms with Crippen LogP contribution in [0.25, 0.3) is 22.3 Å². The molecular formula is C43H58N4O6S2. The molecule has 0 amide bonds. The van der Waals surface area contributed by atoms with Crippen LogP contribution >= 0.6 is 23.5 Å². The van der Waals surface area contributed by atoms with Gasteiger partial charge < -0.3 is 18.9 Å². The van der Waals surface area contributed by atoms with E-state index in [9.17, 15) is 9.59 Å². The number of aromatic nitrogens is 4. The first-order valence-electron chi connectivity index (χ1n) is 19.5. The summed E-state index contributed by atoms with van der Waals surface area (Å²) in [7, 11) is 0. The smallest absolute Gasteiger partial charge is 0.347 e. The van der Waals surface area contributed by atoms with Gasteiger partial charge in [-0.2, -0.15) is 0 Å². The Balaban J connectivity index is 0.000000296. The van der Waals surface area contributed by atoms with Gasteiger partial charge in [-0.05, 0) is 75.9 Å². The lowest BCUT2D eigenvalue weighted by atomic mass is 10.1. The summed E-state index contributed by atoms with van der Waals surface area (Å²) < 4.78 is 21.1. The van der Waals surface area contributed by atoms with Crippen LogP contribution in [-0.2, 0) is 19.1 Å². The van der Waals surface area contributed by atoms with Crippen LogP contribution in [0.4, 0.5) is 0 Å². The van der Waals surface area contributed by atoms with Crippen LogP contribution in [0, 0.1) is 0 Å². The molecule has 2 aromatic carbocycles. The lowest BCUT2D eigenvalue weighted by Crippen LogP contribution is -2.25. The highest BCUT2D eigenvalue weighted by Crippen LogP contribution is 2.25. The summed E-state index contributed by atoms with van der Waals surface area (Å²) in [6, 6.07) is 15.1. The minimum absolute atomic E-state index is 0.346. The van der Waals surface area contributed by atoms with Crippen LogP contribution in [0.2, 0.25) is 0 Å². The van der Waals surface area contributed by atoms with Crippen molar-refractivity contribution in [2.75, 3.05) is 24.7 Å². The maximum Gasteiger partial charge on any atom is 0.347 e. The number of carbonyl (C=O) groups is 2. The van der Waals surface area contributed by atoms with Gasteiger partial charge in [0.2, 0.25) is 0 Å². The van der Waals surface area contributed by atoms with E-state index in [-0.39, 0.29) is 11.9 Å². The normalized spacial score (nSPS) is 11.8. The van der Waals surface area contributed by atoms with Gasteiger partial charge in [0, 0.05) is 47.4 Å². The quantitative estimate of drug-likeness (QED) is 0.0307. The molecule has 10 nitrogen and oxygen atoms in total. The van der Waals surface area contributed by atoms with E-state index in [1.165, 1.54) is 57.8 Å². The van der Waals surface area contributed by atoms with E-state index < -0.39 is 12.2 Å². The minimum atomic E-state index is -0.632. The Morgan fingerprint density at radius 3 is 1.20 bits per heavy atom. The predicted molar refractivity (Wildman–Crippen MR) is 223 cm³/mol. The molecule has 0 aliphatic heterocycles. The molecule has 0 fully saturated rings. The third kappa shape index (κ3) is 17.5. The molecule has 0 aliphatic carbocycles. The Labute approximate surface area is 336 Å². The summed E-state index contributed by atoms with van der Waals surface area (Å²) in [6.45, 7) is 12.1. The fourth-order valence-corrected chi connectivity index (χ4v) is 6.69. The van der Waals surface area contributed by atoms with Gasteiger partial charge in [-0.3, -0.25) is 0 Å². The van der Waals surface area contributed by atoms with Crippen LogP contribution in [-0.4, -0.2) is 68.8 Å². The van der Waals surface area contributed by atoms with Gasteiger partial charge in [0.25, 0.3) is 0 Å². The molecule has 0 saturated heterocycles. The van der Waals surface area contributed by atoms with Gasteiger partial charge in [-0.25, -0.2) is 29.5 Å². The molecule has 4 aromatic rings. The topological polar surface area (TPSA) is 123 Å².